The van der Waals surface area contributed by atoms with E-state index in [4.69, 9.17) is 16.7 Å². The van der Waals surface area contributed by atoms with Gasteiger partial charge in [0.05, 0.1) is 28.8 Å². The average molecular weight is 231 g/mol. The van der Waals surface area contributed by atoms with Crippen LogP contribution in [0.2, 0.25) is 5.02 Å². The Hall–Kier alpha value is -0.580. The van der Waals surface area contributed by atoms with Gasteiger partial charge in [-0.25, -0.2) is 0 Å². The highest BCUT2D eigenvalue weighted by atomic mass is 35.5. The highest BCUT2D eigenvalue weighted by Gasteiger charge is 2.18. The van der Waals surface area contributed by atoms with Crippen molar-refractivity contribution in [2.75, 3.05) is 19.7 Å². The Bertz CT molecular complexity index is 350. The lowest BCUT2D eigenvalue weighted by Gasteiger charge is -2.09. The van der Waals surface area contributed by atoms with E-state index in [1.165, 1.54) is 0 Å². The minimum atomic E-state index is 0.148. The Labute approximate surface area is 91.6 Å². The molecule has 76 valence electrons. The smallest absolute Gasteiger partial charge is 0.0810 e. The fourth-order valence-corrected chi connectivity index (χ4v) is 2.62. The Balaban J connectivity index is 2.14. The van der Waals surface area contributed by atoms with Crippen LogP contribution < -0.4 is 0 Å². The first-order valence-corrected chi connectivity index (χ1v) is 5.73. The quantitative estimate of drug-likeness (QED) is 0.860. The van der Waals surface area contributed by atoms with Gasteiger partial charge in [0.25, 0.3) is 0 Å². The Morgan fingerprint density at radius 1 is 1.64 bits per heavy atom. The molecule has 2 heterocycles. The van der Waals surface area contributed by atoms with Crippen molar-refractivity contribution in [2.45, 2.75) is 6.42 Å². The molecule has 1 aromatic rings. The van der Waals surface area contributed by atoms with Crippen molar-refractivity contribution in [1.82, 2.24) is 5.01 Å². The number of aliphatic hydroxyl groups excluding tert-OH is 1. The van der Waals surface area contributed by atoms with E-state index in [1.54, 1.807) is 11.3 Å². The zero-order chi connectivity index (χ0) is 9.97. The second kappa shape index (κ2) is 4.29. The van der Waals surface area contributed by atoms with E-state index in [2.05, 4.69) is 5.10 Å². The number of β-amino-alcohol motifs (C(OH)–C–C–N with tert-alkyl or cyclic N) is 1. The van der Waals surface area contributed by atoms with Crippen molar-refractivity contribution in [3.63, 3.8) is 0 Å². The van der Waals surface area contributed by atoms with Gasteiger partial charge in [-0.2, -0.15) is 5.10 Å². The molecule has 14 heavy (non-hydrogen) atoms. The molecule has 5 heteroatoms. The SMILES string of the molecule is OCCN1CCC(c2sccc2Cl)=N1. The number of hydrogen-bond acceptors (Lipinski definition) is 4. The zero-order valence-corrected chi connectivity index (χ0v) is 9.18. The molecule has 0 unspecified atom stereocenters. The number of hydrogen-bond donors (Lipinski definition) is 1. The van der Waals surface area contributed by atoms with Crippen molar-refractivity contribution in [2.24, 2.45) is 5.10 Å². The molecular weight excluding hydrogens is 220 g/mol. The molecule has 2 rings (SSSR count). The lowest BCUT2D eigenvalue weighted by molar-refractivity contribution is 0.213. The van der Waals surface area contributed by atoms with Crippen LogP contribution in [-0.2, 0) is 0 Å². The topological polar surface area (TPSA) is 35.8 Å². The van der Waals surface area contributed by atoms with Crippen molar-refractivity contribution < 1.29 is 5.11 Å². The molecule has 0 fully saturated rings. The van der Waals surface area contributed by atoms with Gasteiger partial charge < -0.3 is 5.11 Å². The van der Waals surface area contributed by atoms with Gasteiger partial charge in [0.15, 0.2) is 0 Å². The molecule has 0 atom stereocenters. The molecular formula is C9H11ClN2OS. The number of aliphatic hydroxyl groups is 1. The second-order valence-electron chi connectivity index (χ2n) is 3.07. The van der Waals surface area contributed by atoms with Crippen molar-refractivity contribution in [3.05, 3.63) is 21.3 Å². The summed E-state index contributed by atoms with van der Waals surface area (Å²) in [7, 11) is 0. The molecule has 0 saturated carbocycles. The first-order chi connectivity index (χ1) is 6.81. The molecule has 1 N–H and O–H groups in total. The minimum Gasteiger partial charge on any atom is -0.394 e. The number of rotatable bonds is 3. The Morgan fingerprint density at radius 2 is 2.50 bits per heavy atom. The summed E-state index contributed by atoms with van der Waals surface area (Å²) in [5.74, 6) is 0. The third-order valence-corrected chi connectivity index (χ3v) is 3.50. The largest absolute Gasteiger partial charge is 0.394 e. The lowest BCUT2D eigenvalue weighted by atomic mass is 10.2. The summed E-state index contributed by atoms with van der Waals surface area (Å²) >= 11 is 7.62. The maximum absolute atomic E-state index is 8.76. The molecule has 0 spiro atoms. The van der Waals surface area contributed by atoms with E-state index in [-0.39, 0.29) is 6.61 Å². The predicted molar refractivity (Wildman–Crippen MR) is 59.1 cm³/mol. The summed E-state index contributed by atoms with van der Waals surface area (Å²) in [6, 6.07) is 1.89. The van der Waals surface area contributed by atoms with E-state index in [1.807, 2.05) is 16.5 Å². The first kappa shape index (κ1) is 9.96. The van der Waals surface area contributed by atoms with Crippen LogP contribution in [0.25, 0.3) is 0 Å². The lowest BCUT2D eigenvalue weighted by Crippen LogP contribution is -2.17. The summed E-state index contributed by atoms with van der Waals surface area (Å²) in [5, 5.41) is 17.8. The van der Waals surface area contributed by atoms with Crippen LogP contribution in [0.5, 0.6) is 0 Å². The molecule has 0 radical (unpaired) electrons. The van der Waals surface area contributed by atoms with Gasteiger partial charge in [-0.05, 0) is 11.4 Å². The monoisotopic (exact) mass is 230 g/mol. The molecule has 1 aliphatic rings. The predicted octanol–water partition coefficient (Wildman–Crippen LogP) is 1.80. The highest BCUT2D eigenvalue weighted by molar-refractivity contribution is 7.12. The van der Waals surface area contributed by atoms with E-state index in [0.29, 0.717) is 6.54 Å². The van der Waals surface area contributed by atoms with Gasteiger partial charge in [-0.1, -0.05) is 11.6 Å². The normalized spacial score (nSPS) is 16.1. The van der Waals surface area contributed by atoms with E-state index in [0.717, 1.165) is 28.6 Å². The second-order valence-corrected chi connectivity index (χ2v) is 4.39. The van der Waals surface area contributed by atoms with Crippen LogP contribution in [0, 0.1) is 0 Å². The van der Waals surface area contributed by atoms with Gasteiger partial charge >= 0.3 is 0 Å². The maximum Gasteiger partial charge on any atom is 0.0810 e. The van der Waals surface area contributed by atoms with Gasteiger partial charge in [0, 0.05) is 13.0 Å². The molecule has 0 aromatic carbocycles. The van der Waals surface area contributed by atoms with Crippen LogP contribution in [0.3, 0.4) is 0 Å². The Kier molecular flexibility index (Phi) is 3.05. The van der Waals surface area contributed by atoms with Crippen molar-refractivity contribution in [1.29, 1.82) is 0 Å². The zero-order valence-electron chi connectivity index (χ0n) is 7.61. The number of nitrogens with zero attached hydrogens (tertiary/aromatic N) is 2. The van der Waals surface area contributed by atoms with E-state index >= 15 is 0 Å². The van der Waals surface area contributed by atoms with Gasteiger partial charge in [-0.15, -0.1) is 11.3 Å². The number of hydrazone groups is 1. The van der Waals surface area contributed by atoms with Crippen LogP contribution in [0.1, 0.15) is 11.3 Å². The average Bonchev–Trinajstić information content (AvgIpc) is 2.74. The number of thiophene rings is 1. The standard InChI is InChI=1S/C9H11ClN2OS/c10-7-2-6-14-9(7)8-1-3-12(11-8)4-5-13/h2,6,13H,1,3-5H2. The summed E-state index contributed by atoms with van der Waals surface area (Å²) in [6.07, 6.45) is 0.917. The molecule has 1 aliphatic heterocycles. The summed E-state index contributed by atoms with van der Waals surface area (Å²) in [4.78, 5) is 1.06. The molecule has 0 saturated heterocycles. The Morgan fingerprint density at radius 3 is 3.14 bits per heavy atom. The van der Waals surface area contributed by atoms with Crippen molar-refractivity contribution in [3.8, 4) is 0 Å². The first-order valence-electron chi connectivity index (χ1n) is 4.48. The van der Waals surface area contributed by atoms with Gasteiger partial charge in [0.1, 0.15) is 0 Å². The van der Waals surface area contributed by atoms with Gasteiger partial charge in [-0.3, -0.25) is 5.01 Å². The molecule has 0 aliphatic carbocycles. The maximum atomic E-state index is 8.76. The van der Waals surface area contributed by atoms with Crippen LogP contribution >= 0.6 is 22.9 Å². The molecule has 1 aromatic heterocycles. The van der Waals surface area contributed by atoms with Crippen LogP contribution in [0.15, 0.2) is 16.5 Å². The van der Waals surface area contributed by atoms with Crippen LogP contribution in [-0.4, -0.2) is 35.5 Å². The van der Waals surface area contributed by atoms with Crippen molar-refractivity contribution >= 4 is 28.6 Å². The van der Waals surface area contributed by atoms with Gasteiger partial charge in [0.2, 0.25) is 0 Å². The third kappa shape index (κ3) is 1.92. The van der Waals surface area contributed by atoms with E-state index in [9.17, 15) is 0 Å². The summed E-state index contributed by atoms with van der Waals surface area (Å²) in [6.45, 7) is 1.63. The summed E-state index contributed by atoms with van der Waals surface area (Å²) in [5.41, 5.74) is 1.04. The molecule has 3 nitrogen and oxygen atoms in total. The minimum absolute atomic E-state index is 0.148. The highest BCUT2D eigenvalue weighted by Crippen LogP contribution is 2.26. The molecule has 0 amide bonds. The summed E-state index contributed by atoms with van der Waals surface area (Å²) < 4.78 is 0. The number of halogens is 1. The third-order valence-electron chi connectivity index (χ3n) is 2.11. The van der Waals surface area contributed by atoms with E-state index < -0.39 is 0 Å². The fourth-order valence-electron chi connectivity index (χ4n) is 1.44. The fraction of sp³-hybridized carbons (Fsp3) is 0.444. The van der Waals surface area contributed by atoms with Crippen LogP contribution in [0.4, 0.5) is 0 Å². The molecule has 0 bridgehead atoms.